The van der Waals surface area contributed by atoms with Crippen molar-refractivity contribution >= 4 is 17.5 Å². The molecule has 2 rings (SSSR count). The number of rotatable bonds is 5. The van der Waals surface area contributed by atoms with E-state index in [2.05, 4.69) is 5.32 Å². The third-order valence-corrected chi connectivity index (χ3v) is 3.83. The van der Waals surface area contributed by atoms with Gasteiger partial charge in [-0.1, -0.05) is 12.1 Å². The van der Waals surface area contributed by atoms with Gasteiger partial charge in [-0.15, -0.1) is 0 Å². The molecule has 20 heavy (non-hydrogen) atoms. The van der Waals surface area contributed by atoms with Crippen molar-refractivity contribution in [2.75, 3.05) is 18.0 Å². The molecule has 1 fully saturated rings. The van der Waals surface area contributed by atoms with E-state index >= 15 is 0 Å². The number of aryl methyl sites for hydroxylation is 1. The first-order valence-corrected chi connectivity index (χ1v) is 7.12. The van der Waals surface area contributed by atoms with Crippen molar-refractivity contribution < 1.29 is 9.59 Å². The van der Waals surface area contributed by atoms with Crippen molar-refractivity contribution in [3.05, 3.63) is 29.3 Å². The summed E-state index contributed by atoms with van der Waals surface area (Å²) in [5, 5.41) is 2.90. The SMILES string of the molecule is CC(=O)N(CCNC(=O)C1CC1)c1cccc(C)c1C. The zero-order chi connectivity index (χ0) is 14.7. The lowest BCUT2D eigenvalue weighted by atomic mass is 10.1. The van der Waals surface area contributed by atoms with Gasteiger partial charge in [0.1, 0.15) is 0 Å². The molecule has 1 aromatic rings. The van der Waals surface area contributed by atoms with Crippen molar-refractivity contribution in [2.24, 2.45) is 5.92 Å². The maximum absolute atomic E-state index is 11.8. The van der Waals surface area contributed by atoms with Crippen LogP contribution in [0.1, 0.15) is 30.9 Å². The van der Waals surface area contributed by atoms with E-state index in [1.54, 1.807) is 11.8 Å². The Bertz CT molecular complexity index is 521. The summed E-state index contributed by atoms with van der Waals surface area (Å²) >= 11 is 0. The molecule has 1 saturated carbocycles. The summed E-state index contributed by atoms with van der Waals surface area (Å²) in [4.78, 5) is 25.2. The Labute approximate surface area is 120 Å². The van der Waals surface area contributed by atoms with E-state index in [-0.39, 0.29) is 17.7 Å². The van der Waals surface area contributed by atoms with Crippen LogP contribution in [0.15, 0.2) is 18.2 Å². The minimum atomic E-state index is -0.000582. The lowest BCUT2D eigenvalue weighted by Crippen LogP contribution is -2.38. The van der Waals surface area contributed by atoms with Gasteiger partial charge < -0.3 is 10.2 Å². The molecular formula is C16H22N2O2. The Hall–Kier alpha value is -1.84. The monoisotopic (exact) mass is 274 g/mol. The lowest BCUT2D eigenvalue weighted by molar-refractivity contribution is -0.122. The van der Waals surface area contributed by atoms with Gasteiger partial charge in [0, 0.05) is 31.6 Å². The minimum absolute atomic E-state index is 0.000582. The first-order valence-electron chi connectivity index (χ1n) is 7.12. The van der Waals surface area contributed by atoms with Crippen LogP contribution in [-0.4, -0.2) is 24.9 Å². The van der Waals surface area contributed by atoms with Gasteiger partial charge in [-0.2, -0.15) is 0 Å². The summed E-state index contributed by atoms with van der Waals surface area (Å²) in [7, 11) is 0. The van der Waals surface area contributed by atoms with Crippen LogP contribution < -0.4 is 10.2 Å². The van der Waals surface area contributed by atoms with Gasteiger partial charge in [-0.25, -0.2) is 0 Å². The Morgan fingerprint density at radius 1 is 1.30 bits per heavy atom. The van der Waals surface area contributed by atoms with Gasteiger partial charge in [0.15, 0.2) is 0 Å². The molecule has 0 radical (unpaired) electrons. The molecule has 2 amide bonds. The van der Waals surface area contributed by atoms with Crippen molar-refractivity contribution in [3.63, 3.8) is 0 Å². The third-order valence-electron chi connectivity index (χ3n) is 3.83. The first kappa shape index (κ1) is 14.6. The molecule has 0 atom stereocenters. The maximum atomic E-state index is 11.8. The summed E-state index contributed by atoms with van der Waals surface area (Å²) in [5.41, 5.74) is 3.20. The average Bonchev–Trinajstić information content (AvgIpc) is 3.22. The molecule has 0 heterocycles. The van der Waals surface area contributed by atoms with Crippen molar-refractivity contribution in [1.82, 2.24) is 5.32 Å². The topological polar surface area (TPSA) is 49.4 Å². The fourth-order valence-corrected chi connectivity index (χ4v) is 2.26. The van der Waals surface area contributed by atoms with Gasteiger partial charge in [-0.3, -0.25) is 9.59 Å². The minimum Gasteiger partial charge on any atom is -0.354 e. The number of hydrogen-bond acceptors (Lipinski definition) is 2. The van der Waals surface area contributed by atoms with Crippen LogP contribution in [0.4, 0.5) is 5.69 Å². The highest BCUT2D eigenvalue weighted by atomic mass is 16.2. The predicted octanol–water partition coefficient (Wildman–Crippen LogP) is 2.18. The van der Waals surface area contributed by atoms with Crippen LogP contribution in [-0.2, 0) is 9.59 Å². The molecule has 4 nitrogen and oxygen atoms in total. The molecule has 0 unspecified atom stereocenters. The number of carbonyl (C=O) groups is 2. The van der Waals surface area contributed by atoms with Crippen molar-refractivity contribution in [2.45, 2.75) is 33.6 Å². The van der Waals surface area contributed by atoms with Gasteiger partial charge in [0.25, 0.3) is 0 Å². The van der Waals surface area contributed by atoms with Crippen LogP contribution in [0.2, 0.25) is 0 Å². The fourth-order valence-electron chi connectivity index (χ4n) is 2.26. The van der Waals surface area contributed by atoms with Crippen molar-refractivity contribution in [3.8, 4) is 0 Å². The number of anilines is 1. The number of nitrogens with one attached hydrogen (secondary N) is 1. The van der Waals surface area contributed by atoms with Gasteiger partial charge in [0.05, 0.1) is 0 Å². The lowest BCUT2D eigenvalue weighted by Gasteiger charge is -2.24. The molecule has 1 aliphatic carbocycles. The fraction of sp³-hybridized carbons (Fsp3) is 0.500. The van der Waals surface area contributed by atoms with Crippen LogP contribution in [0.3, 0.4) is 0 Å². The number of amides is 2. The molecule has 0 bridgehead atoms. The van der Waals surface area contributed by atoms with Gasteiger partial charge in [-0.05, 0) is 43.9 Å². The highest BCUT2D eigenvalue weighted by molar-refractivity contribution is 5.92. The summed E-state index contributed by atoms with van der Waals surface area (Å²) < 4.78 is 0. The van der Waals surface area contributed by atoms with Crippen LogP contribution in [0.25, 0.3) is 0 Å². The number of benzene rings is 1. The number of nitrogens with zero attached hydrogens (tertiary/aromatic N) is 1. The zero-order valence-corrected chi connectivity index (χ0v) is 12.4. The molecule has 0 spiro atoms. The predicted molar refractivity (Wildman–Crippen MR) is 79.7 cm³/mol. The summed E-state index contributed by atoms with van der Waals surface area (Å²) in [6, 6.07) is 5.94. The third kappa shape index (κ3) is 3.38. The van der Waals surface area contributed by atoms with E-state index in [0.717, 1.165) is 29.7 Å². The van der Waals surface area contributed by atoms with Gasteiger partial charge in [0.2, 0.25) is 11.8 Å². The molecule has 1 aromatic carbocycles. The van der Waals surface area contributed by atoms with E-state index < -0.39 is 0 Å². The molecule has 0 aliphatic heterocycles. The van der Waals surface area contributed by atoms with E-state index in [4.69, 9.17) is 0 Å². The highest BCUT2D eigenvalue weighted by Gasteiger charge is 2.29. The molecule has 4 heteroatoms. The standard InChI is InChI=1S/C16H22N2O2/c1-11-5-4-6-15(12(11)2)18(13(3)19)10-9-17-16(20)14-7-8-14/h4-6,14H,7-10H2,1-3H3,(H,17,20). The van der Waals surface area contributed by atoms with E-state index in [1.165, 1.54) is 0 Å². The molecule has 1 aliphatic rings. The van der Waals surface area contributed by atoms with Gasteiger partial charge >= 0.3 is 0 Å². The van der Waals surface area contributed by atoms with Crippen LogP contribution in [0.5, 0.6) is 0 Å². The number of hydrogen-bond donors (Lipinski definition) is 1. The second-order valence-electron chi connectivity index (χ2n) is 5.45. The smallest absolute Gasteiger partial charge is 0.223 e. The van der Waals surface area contributed by atoms with Crippen LogP contribution >= 0.6 is 0 Å². The Balaban J connectivity index is 2.01. The Kier molecular flexibility index (Phi) is 4.42. The molecule has 0 aromatic heterocycles. The average molecular weight is 274 g/mol. The molecule has 108 valence electrons. The summed E-state index contributed by atoms with van der Waals surface area (Å²) in [6.07, 6.45) is 2.00. The second-order valence-corrected chi connectivity index (χ2v) is 5.45. The second kappa shape index (κ2) is 6.07. The Morgan fingerprint density at radius 2 is 2.00 bits per heavy atom. The summed E-state index contributed by atoms with van der Waals surface area (Å²) in [6.45, 7) is 6.63. The first-order chi connectivity index (χ1) is 9.50. The summed E-state index contributed by atoms with van der Waals surface area (Å²) in [5.74, 6) is 0.329. The maximum Gasteiger partial charge on any atom is 0.223 e. The normalized spacial score (nSPS) is 13.9. The van der Waals surface area contributed by atoms with E-state index in [9.17, 15) is 9.59 Å². The highest BCUT2D eigenvalue weighted by Crippen LogP contribution is 2.28. The quantitative estimate of drug-likeness (QED) is 0.894. The van der Waals surface area contributed by atoms with E-state index in [0.29, 0.717) is 13.1 Å². The van der Waals surface area contributed by atoms with Crippen molar-refractivity contribution in [1.29, 1.82) is 0 Å². The van der Waals surface area contributed by atoms with E-state index in [1.807, 2.05) is 32.0 Å². The molecular weight excluding hydrogens is 252 g/mol. The zero-order valence-electron chi connectivity index (χ0n) is 12.4. The largest absolute Gasteiger partial charge is 0.354 e. The van der Waals surface area contributed by atoms with Crippen LogP contribution in [0, 0.1) is 19.8 Å². The Morgan fingerprint density at radius 3 is 2.60 bits per heavy atom. The number of carbonyl (C=O) groups excluding carboxylic acids is 2. The molecule has 0 saturated heterocycles. The molecule has 1 N–H and O–H groups in total.